The van der Waals surface area contributed by atoms with Crippen molar-refractivity contribution in [2.75, 3.05) is 39.8 Å². The van der Waals surface area contributed by atoms with Crippen molar-refractivity contribution in [1.82, 2.24) is 14.5 Å². The predicted octanol–water partition coefficient (Wildman–Crippen LogP) is 0.827. The van der Waals surface area contributed by atoms with Gasteiger partial charge in [0.15, 0.2) is 5.96 Å². The molecule has 1 aliphatic heterocycles. The summed E-state index contributed by atoms with van der Waals surface area (Å²) in [5.74, 6) is 1.07. The summed E-state index contributed by atoms with van der Waals surface area (Å²) in [5.41, 5.74) is 6.62. The van der Waals surface area contributed by atoms with Gasteiger partial charge in [0.25, 0.3) is 0 Å². The Balaban J connectivity index is 1.69. The molecule has 7 nitrogen and oxygen atoms in total. The summed E-state index contributed by atoms with van der Waals surface area (Å²) in [7, 11) is -1.50. The summed E-state index contributed by atoms with van der Waals surface area (Å²) >= 11 is 0. The van der Waals surface area contributed by atoms with Crippen LogP contribution in [0.5, 0.6) is 0 Å². The smallest absolute Gasteiger partial charge is 0.243 e. The molecule has 1 saturated heterocycles. The second-order valence-corrected chi connectivity index (χ2v) is 9.10. The summed E-state index contributed by atoms with van der Waals surface area (Å²) in [6, 6.07) is 7.07. The lowest BCUT2D eigenvalue weighted by molar-refractivity contribution is 0.222. The van der Waals surface area contributed by atoms with Crippen LogP contribution in [0.4, 0.5) is 0 Å². The first-order valence-corrected chi connectivity index (χ1v) is 10.7. The Bertz CT molecular complexity index is 738. The van der Waals surface area contributed by atoms with E-state index in [1.54, 1.807) is 16.4 Å². The molecule has 1 aromatic rings. The zero-order chi connectivity index (χ0) is 18.6. The maximum absolute atomic E-state index is 13.0. The van der Waals surface area contributed by atoms with Crippen molar-refractivity contribution < 1.29 is 8.42 Å². The molecule has 3 N–H and O–H groups in total. The summed E-state index contributed by atoms with van der Waals surface area (Å²) in [6.07, 6.45) is 3.78. The molecular weight excluding hydrogens is 350 g/mol. The number of benzene rings is 1. The summed E-state index contributed by atoms with van der Waals surface area (Å²) in [6.45, 7) is 3.63. The largest absolute Gasteiger partial charge is 0.370 e. The van der Waals surface area contributed by atoms with Crippen LogP contribution in [-0.2, 0) is 16.6 Å². The molecule has 0 unspecified atom stereocenters. The van der Waals surface area contributed by atoms with Crippen LogP contribution in [0.3, 0.4) is 0 Å². The Hall–Kier alpha value is -1.64. The molecule has 0 amide bonds. The molecule has 26 heavy (non-hydrogen) atoms. The molecule has 144 valence electrons. The zero-order valence-electron chi connectivity index (χ0n) is 15.4. The third-order valence-electron chi connectivity index (χ3n) is 5.27. The minimum absolute atomic E-state index is 0.257. The number of nitrogens with two attached hydrogens (primary N) is 1. The molecule has 0 bridgehead atoms. The SMILES string of the molecule is CN1CCN(S(=O)(=O)c2ccccc2CN=C(N)NCC2CCC2)CC1. The van der Waals surface area contributed by atoms with Crippen molar-refractivity contribution in [3.05, 3.63) is 29.8 Å². The number of nitrogens with zero attached hydrogens (tertiary/aromatic N) is 3. The average molecular weight is 380 g/mol. The summed E-state index contributed by atoms with van der Waals surface area (Å²) in [4.78, 5) is 6.82. The van der Waals surface area contributed by atoms with E-state index < -0.39 is 10.0 Å². The minimum atomic E-state index is -3.51. The number of sulfonamides is 1. The third-order valence-corrected chi connectivity index (χ3v) is 7.27. The molecule has 0 aromatic heterocycles. The molecule has 1 saturated carbocycles. The Morgan fingerprint density at radius 3 is 2.58 bits per heavy atom. The fourth-order valence-electron chi connectivity index (χ4n) is 3.23. The van der Waals surface area contributed by atoms with Crippen molar-refractivity contribution >= 4 is 16.0 Å². The van der Waals surface area contributed by atoms with E-state index in [1.807, 2.05) is 19.2 Å². The molecule has 0 radical (unpaired) electrons. The number of guanidine groups is 1. The monoisotopic (exact) mass is 379 g/mol. The van der Waals surface area contributed by atoms with Crippen LogP contribution in [0.25, 0.3) is 0 Å². The van der Waals surface area contributed by atoms with Gasteiger partial charge in [-0.25, -0.2) is 13.4 Å². The molecule has 1 heterocycles. The first kappa shape index (κ1) is 19.1. The second-order valence-electron chi connectivity index (χ2n) is 7.19. The van der Waals surface area contributed by atoms with Gasteiger partial charge in [0.1, 0.15) is 0 Å². The van der Waals surface area contributed by atoms with Gasteiger partial charge < -0.3 is 16.0 Å². The Morgan fingerprint density at radius 2 is 1.92 bits per heavy atom. The third kappa shape index (κ3) is 4.55. The number of rotatable bonds is 6. The van der Waals surface area contributed by atoms with Crippen molar-refractivity contribution in [3.8, 4) is 0 Å². The van der Waals surface area contributed by atoms with Crippen molar-refractivity contribution in [2.45, 2.75) is 30.7 Å². The van der Waals surface area contributed by atoms with Gasteiger partial charge in [-0.15, -0.1) is 0 Å². The Morgan fingerprint density at radius 1 is 1.23 bits per heavy atom. The van der Waals surface area contributed by atoms with Crippen molar-refractivity contribution in [3.63, 3.8) is 0 Å². The van der Waals surface area contributed by atoms with Crippen LogP contribution in [-0.4, -0.2) is 63.4 Å². The van der Waals surface area contributed by atoms with E-state index in [0.717, 1.165) is 19.6 Å². The summed E-state index contributed by atoms with van der Waals surface area (Å²) in [5, 5.41) is 3.14. The molecule has 0 atom stereocenters. The van der Waals surface area contributed by atoms with Gasteiger partial charge in [-0.3, -0.25) is 0 Å². The van der Waals surface area contributed by atoms with Gasteiger partial charge in [0.05, 0.1) is 11.4 Å². The highest BCUT2D eigenvalue weighted by Gasteiger charge is 2.29. The maximum Gasteiger partial charge on any atom is 0.243 e. The number of nitrogens with one attached hydrogen (secondary N) is 1. The molecule has 1 aromatic carbocycles. The zero-order valence-corrected chi connectivity index (χ0v) is 16.2. The van der Waals surface area contributed by atoms with Gasteiger partial charge in [-0.2, -0.15) is 4.31 Å². The first-order chi connectivity index (χ1) is 12.5. The Kier molecular flexibility index (Phi) is 6.16. The van der Waals surface area contributed by atoms with Crippen LogP contribution in [0.15, 0.2) is 34.2 Å². The number of aliphatic imine (C=N–C) groups is 1. The minimum Gasteiger partial charge on any atom is -0.370 e. The van der Waals surface area contributed by atoms with Crippen LogP contribution in [0.2, 0.25) is 0 Å². The van der Waals surface area contributed by atoms with E-state index >= 15 is 0 Å². The molecule has 0 spiro atoms. The molecule has 3 rings (SSSR count). The lowest BCUT2D eigenvalue weighted by Gasteiger charge is -2.32. The maximum atomic E-state index is 13.0. The van der Waals surface area contributed by atoms with Gasteiger partial charge in [-0.1, -0.05) is 24.6 Å². The van der Waals surface area contributed by atoms with Gasteiger partial charge in [-0.05, 0) is 37.4 Å². The van der Waals surface area contributed by atoms with Crippen molar-refractivity contribution in [1.29, 1.82) is 0 Å². The average Bonchev–Trinajstić information content (AvgIpc) is 2.59. The fraction of sp³-hybridized carbons (Fsp3) is 0.611. The second kappa shape index (κ2) is 8.37. The summed E-state index contributed by atoms with van der Waals surface area (Å²) < 4.78 is 27.6. The normalized spacial score (nSPS) is 20.7. The molecule has 2 aliphatic rings. The molecule has 1 aliphatic carbocycles. The lowest BCUT2D eigenvalue weighted by Crippen LogP contribution is -2.47. The molecular formula is C18H29N5O2S. The predicted molar refractivity (Wildman–Crippen MR) is 103 cm³/mol. The van der Waals surface area contributed by atoms with Gasteiger partial charge in [0, 0.05) is 32.7 Å². The number of piperazine rings is 1. The van der Waals surface area contributed by atoms with Crippen LogP contribution in [0, 0.1) is 5.92 Å². The van der Waals surface area contributed by atoms with E-state index in [-0.39, 0.29) is 6.54 Å². The standard InChI is InChI=1S/C18H29N5O2S/c1-22-9-11-23(12-10-22)26(24,25)17-8-3-2-7-16(17)14-21-18(19)20-13-15-5-4-6-15/h2-3,7-8,15H,4-6,9-14H2,1H3,(H3,19,20,21). The number of hydrogen-bond acceptors (Lipinski definition) is 4. The van der Waals surface area contributed by atoms with Crippen LogP contribution < -0.4 is 11.1 Å². The highest BCUT2D eigenvalue weighted by atomic mass is 32.2. The van der Waals surface area contributed by atoms with E-state index in [1.165, 1.54) is 19.3 Å². The first-order valence-electron chi connectivity index (χ1n) is 9.27. The number of likely N-dealkylation sites (N-methyl/N-ethyl adjacent to an activating group) is 1. The molecule has 2 fully saturated rings. The quantitative estimate of drug-likeness (QED) is 0.564. The lowest BCUT2D eigenvalue weighted by atomic mass is 9.85. The fourth-order valence-corrected chi connectivity index (χ4v) is 4.86. The van der Waals surface area contributed by atoms with E-state index in [9.17, 15) is 8.42 Å². The Labute approximate surface area is 156 Å². The van der Waals surface area contributed by atoms with Gasteiger partial charge >= 0.3 is 0 Å². The van der Waals surface area contributed by atoms with Crippen molar-refractivity contribution in [2.24, 2.45) is 16.6 Å². The van der Waals surface area contributed by atoms with Gasteiger partial charge in [0.2, 0.25) is 10.0 Å². The topological polar surface area (TPSA) is 91.0 Å². The van der Waals surface area contributed by atoms with E-state index in [0.29, 0.717) is 35.4 Å². The van der Waals surface area contributed by atoms with Crippen LogP contribution >= 0.6 is 0 Å². The highest BCUT2D eigenvalue weighted by molar-refractivity contribution is 7.89. The van der Waals surface area contributed by atoms with Crippen LogP contribution in [0.1, 0.15) is 24.8 Å². The number of hydrogen-bond donors (Lipinski definition) is 2. The highest BCUT2D eigenvalue weighted by Crippen LogP contribution is 2.25. The van der Waals surface area contributed by atoms with E-state index in [2.05, 4.69) is 15.2 Å². The van der Waals surface area contributed by atoms with E-state index in [4.69, 9.17) is 5.73 Å². The molecule has 8 heteroatoms.